The summed E-state index contributed by atoms with van der Waals surface area (Å²) in [6, 6.07) is 5.76. The van der Waals surface area contributed by atoms with Crippen LogP contribution in [0, 0.1) is 0 Å². The van der Waals surface area contributed by atoms with E-state index >= 15 is 0 Å². The van der Waals surface area contributed by atoms with Gasteiger partial charge in [-0.05, 0) is 45.4 Å². The van der Waals surface area contributed by atoms with Crippen LogP contribution in [0.1, 0.15) is 37.6 Å². The van der Waals surface area contributed by atoms with Crippen LogP contribution in [0.5, 0.6) is 0 Å². The van der Waals surface area contributed by atoms with Crippen LogP contribution in [-0.2, 0) is 10.0 Å². The predicted molar refractivity (Wildman–Crippen MR) is 82.5 cm³/mol. The van der Waals surface area contributed by atoms with Crippen molar-refractivity contribution in [3.05, 3.63) is 29.8 Å². The number of sulfonamides is 1. The van der Waals surface area contributed by atoms with Crippen LogP contribution in [0.3, 0.4) is 0 Å². The van der Waals surface area contributed by atoms with Crippen molar-refractivity contribution in [3.63, 3.8) is 0 Å². The van der Waals surface area contributed by atoms with Gasteiger partial charge in [0, 0.05) is 24.2 Å². The van der Waals surface area contributed by atoms with E-state index in [9.17, 15) is 13.2 Å². The van der Waals surface area contributed by atoms with Crippen molar-refractivity contribution < 1.29 is 13.2 Å². The molecule has 0 heterocycles. The van der Waals surface area contributed by atoms with Gasteiger partial charge in [0.2, 0.25) is 10.0 Å². The average Bonchev–Trinajstić information content (AvgIpc) is 2.37. The Morgan fingerprint density at radius 1 is 1.29 bits per heavy atom. The fourth-order valence-corrected chi connectivity index (χ4v) is 2.99. The molecule has 1 aromatic rings. The standard InChI is InChI=1S/C14H23N3O3S/c1-10(2)17-21(19,20)13-6-4-5-12(9-13)14(18)16-8-7-11(3)15/h4-6,9-11,17H,7-8,15H2,1-3H3,(H,16,18). The first kappa shape index (κ1) is 17.6. The first-order valence-electron chi connectivity index (χ1n) is 6.88. The fourth-order valence-electron chi connectivity index (χ4n) is 1.70. The third-order valence-corrected chi connectivity index (χ3v) is 4.34. The topological polar surface area (TPSA) is 101 Å². The summed E-state index contributed by atoms with van der Waals surface area (Å²) in [5, 5.41) is 2.72. The minimum atomic E-state index is -3.60. The molecule has 1 unspecified atom stereocenters. The molecule has 6 nitrogen and oxygen atoms in total. The van der Waals surface area contributed by atoms with Gasteiger partial charge in [0.15, 0.2) is 0 Å². The number of carbonyl (C=O) groups excluding carboxylic acids is 1. The Kier molecular flexibility index (Phi) is 6.32. The van der Waals surface area contributed by atoms with Crippen LogP contribution in [0.15, 0.2) is 29.2 Å². The van der Waals surface area contributed by atoms with Crippen LogP contribution in [0.25, 0.3) is 0 Å². The highest BCUT2D eigenvalue weighted by atomic mass is 32.2. The van der Waals surface area contributed by atoms with Gasteiger partial charge in [-0.15, -0.1) is 0 Å². The highest BCUT2D eigenvalue weighted by Gasteiger charge is 2.17. The number of nitrogens with one attached hydrogen (secondary N) is 2. The number of carbonyl (C=O) groups is 1. The van der Waals surface area contributed by atoms with Crippen molar-refractivity contribution >= 4 is 15.9 Å². The lowest BCUT2D eigenvalue weighted by Crippen LogP contribution is -2.31. The summed E-state index contributed by atoms with van der Waals surface area (Å²) < 4.78 is 26.6. The molecule has 1 atom stereocenters. The van der Waals surface area contributed by atoms with Crippen molar-refractivity contribution in [2.45, 2.75) is 44.2 Å². The van der Waals surface area contributed by atoms with E-state index in [0.717, 1.165) is 0 Å². The Hall–Kier alpha value is -1.44. The number of amides is 1. The maximum Gasteiger partial charge on any atom is 0.251 e. The molecule has 1 amide bonds. The third-order valence-electron chi connectivity index (χ3n) is 2.68. The molecule has 0 aliphatic carbocycles. The largest absolute Gasteiger partial charge is 0.352 e. The maximum absolute atomic E-state index is 12.1. The molecule has 0 radical (unpaired) electrons. The van der Waals surface area contributed by atoms with Crippen molar-refractivity contribution in [2.24, 2.45) is 5.73 Å². The average molecular weight is 313 g/mol. The summed E-state index contributed by atoms with van der Waals surface area (Å²) in [4.78, 5) is 12.0. The van der Waals surface area contributed by atoms with Gasteiger partial charge in [-0.3, -0.25) is 4.79 Å². The molecule has 0 fully saturated rings. The van der Waals surface area contributed by atoms with E-state index in [2.05, 4.69) is 10.0 Å². The van der Waals surface area contributed by atoms with Gasteiger partial charge in [-0.25, -0.2) is 13.1 Å². The lowest BCUT2D eigenvalue weighted by molar-refractivity contribution is 0.0952. The van der Waals surface area contributed by atoms with Crippen molar-refractivity contribution in [1.29, 1.82) is 0 Å². The van der Waals surface area contributed by atoms with E-state index in [-0.39, 0.29) is 22.9 Å². The lowest BCUT2D eigenvalue weighted by Gasteiger charge is -2.11. The van der Waals surface area contributed by atoms with Gasteiger partial charge < -0.3 is 11.1 Å². The van der Waals surface area contributed by atoms with Gasteiger partial charge in [-0.2, -0.15) is 0 Å². The summed E-state index contributed by atoms with van der Waals surface area (Å²) in [7, 11) is -3.60. The van der Waals surface area contributed by atoms with E-state index in [1.54, 1.807) is 26.0 Å². The van der Waals surface area contributed by atoms with Crippen LogP contribution >= 0.6 is 0 Å². The van der Waals surface area contributed by atoms with E-state index in [1.807, 2.05) is 6.92 Å². The molecule has 0 saturated carbocycles. The Bertz CT molecular complexity index is 583. The van der Waals surface area contributed by atoms with Gasteiger partial charge >= 0.3 is 0 Å². The summed E-state index contributed by atoms with van der Waals surface area (Å²) in [5.74, 6) is -0.308. The van der Waals surface area contributed by atoms with Gasteiger partial charge in [0.05, 0.1) is 4.90 Å². The summed E-state index contributed by atoms with van der Waals surface area (Å²) in [6.07, 6.45) is 0.665. The molecule has 7 heteroatoms. The van der Waals surface area contributed by atoms with Gasteiger partial charge in [-0.1, -0.05) is 6.07 Å². The molecule has 0 saturated heterocycles. The van der Waals surface area contributed by atoms with Crippen LogP contribution in [0.4, 0.5) is 0 Å². The molecule has 4 N–H and O–H groups in total. The van der Waals surface area contributed by atoms with E-state index < -0.39 is 10.0 Å². The smallest absolute Gasteiger partial charge is 0.251 e. The van der Waals surface area contributed by atoms with Crippen molar-refractivity contribution in [2.75, 3.05) is 6.54 Å². The van der Waals surface area contributed by atoms with E-state index in [4.69, 9.17) is 5.73 Å². The first-order chi connectivity index (χ1) is 9.72. The van der Waals surface area contributed by atoms with Gasteiger partial charge in [0.25, 0.3) is 5.91 Å². The second kappa shape index (κ2) is 7.53. The van der Waals surface area contributed by atoms with Crippen LogP contribution < -0.4 is 15.8 Å². The number of nitrogens with two attached hydrogens (primary N) is 1. The monoisotopic (exact) mass is 313 g/mol. The first-order valence-corrected chi connectivity index (χ1v) is 8.37. The summed E-state index contributed by atoms with van der Waals surface area (Å²) >= 11 is 0. The minimum Gasteiger partial charge on any atom is -0.352 e. The van der Waals surface area contributed by atoms with Crippen molar-refractivity contribution in [1.82, 2.24) is 10.0 Å². The zero-order valence-electron chi connectivity index (χ0n) is 12.6. The summed E-state index contributed by atoms with van der Waals surface area (Å²) in [5.41, 5.74) is 5.92. The maximum atomic E-state index is 12.1. The zero-order chi connectivity index (χ0) is 16.0. The SMILES string of the molecule is CC(N)CCNC(=O)c1cccc(S(=O)(=O)NC(C)C)c1. The predicted octanol–water partition coefficient (Wildman–Crippen LogP) is 0.840. The Morgan fingerprint density at radius 2 is 1.95 bits per heavy atom. The molecule has 0 aromatic heterocycles. The summed E-state index contributed by atoms with van der Waals surface area (Å²) in [6.45, 7) is 5.79. The lowest BCUT2D eigenvalue weighted by atomic mass is 10.2. The number of hydrogen-bond donors (Lipinski definition) is 3. The second-order valence-electron chi connectivity index (χ2n) is 5.33. The molecule has 118 valence electrons. The highest BCUT2D eigenvalue weighted by molar-refractivity contribution is 7.89. The van der Waals surface area contributed by atoms with E-state index in [0.29, 0.717) is 18.5 Å². The highest BCUT2D eigenvalue weighted by Crippen LogP contribution is 2.12. The van der Waals surface area contributed by atoms with E-state index in [1.165, 1.54) is 12.1 Å². The number of rotatable bonds is 7. The van der Waals surface area contributed by atoms with Crippen LogP contribution in [0.2, 0.25) is 0 Å². The molecule has 0 aliphatic rings. The molecule has 1 rings (SSSR count). The zero-order valence-corrected chi connectivity index (χ0v) is 13.4. The normalized spacial score (nSPS) is 13.2. The van der Waals surface area contributed by atoms with Crippen molar-refractivity contribution in [3.8, 4) is 0 Å². The molecular formula is C14H23N3O3S. The molecule has 0 bridgehead atoms. The fraction of sp³-hybridized carbons (Fsp3) is 0.500. The minimum absolute atomic E-state index is 0.00672. The quantitative estimate of drug-likeness (QED) is 0.694. The van der Waals surface area contributed by atoms with Crippen LogP contribution in [-0.4, -0.2) is 33.0 Å². The molecule has 21 heavy (non-hydrogen) atoms. The molecule has 0 spiro atoms. The second-order valence-corrected chi connectivity index (χ2v) is 7.04. The molecule has 1 aromatic carbocycles. The van der Waals surface area contributed by atoms with Gasteiger partial charge in [0.1, 0.15) is 0 Å². The Balaban J connectivity index is 2.83. The Morgan fingerprint density at radius 3 is 2.52 bits per heavy atom. The Labute approximate surface area is 126 Å². The number of hydrogen-bond acceptors (Lipinski definition) is 4. The number of benzene rings is 1. The molecule has 0 aliphatic heterocycles. The third kappa shape index (κ3) is 5.82. The molecular weight excluding hydrogens is 290 g/mol.